The summed E-state index contributed by atoms with van der Waals surface area (Å²) in [6.45, 7) is 6.35. The van der Waals surface area contributed by atoms with Gasteiger partial charge in [0.05, 0.1) is 0 Å². The predicted molar refractivity (Wildman–Crippen MR) is 122 cm³/mol. The second kappa shape index (κ2) is 10.3. The number of hydrogen-bond acceptors (Lipinski definition) is 3. The van der Waals surface area contributed by atoms with Crippen molar-refractivity contribution in [2.24, 2.45) is 0 Å². The van der Waals surface area contributed by atoms with E-state index in [4.69, 9.17) is 15.0 Å². The number of hydrogen-bond donors (Lipinski definition) is 0. The highest BCUT2D eigenvalue weighted by atomic mass is 15.0. The van der Waals surface area contributed by atoms with Crippen molar-refractivity contribution in [2.45, 2.75) is 33.6 Å². The number of unbranched alkanes of at least 4 members (excludes halogenated alkanes) is 1. The van der Waals surface area contributed by atoms with Crippen LogP contribution < -0.4 is 0 Å². The average molecular weight is 382 g/mol. The number of aromatic nitrogens is 3. The van der Waals surface area contributed by atoms with Crippen molar-refractivity contribution in [3.63, 3.8) is 0 Å². The van der Waals surface area contributed by atoms with Gasteiger partial charge >= 0.3 is 0 Å². The van der Waals surface area contributed by atoms with E-state index in [0.29, 0.717) is 17.5 Å². The molecule has 0 amide bonds. The van der Waals surface area contributed by atoms with Crippen LogP contribution in [0.15, 0.2) is 90.5 Å². The highest BCUT2D eigenvalue weighted by Gasteiger charge is 2.12. The monoisotopic (exact) mass is 381 g/mol. The van der Waals surface area contributed by atoms with Gasteiger partial charge in [-0.05, 0) is 20.3 Å². The molecule has 0 radical (unpaired) electrons. The van der Waals surface area contributed by atoms with Crippen LogP contribution in [0.5, 0.6) is 0 Å². The van der Waals surface area contributed by atoms with Crippen LogP contribution in [0.1, 0.15) is 39.4 Å². The Hall–Kier alpha value is -3.33. The van der Waals surface area contributed by atoms with Gasteiger partial charge in [0.1, 0.15) is 0 Å². The molecule has 0 fully saturated rings. The molecule has 0 saturated carbocycles. The van der Waals surface area contributed by atoms with E-state index >= 15 is 0 Å². The van der Waals surface area contributed by atoms with Crippen molar-refractivity contribution in [2.75, 3.05) is 0 Å². The van der Waals surface area contributed by atoms with Crippen molar-refractivity contribution >= 4 is 5.57 Å². The first kappa shape index (κ1) is 20.4. The number of rotatable bonds is 7. The van der Waals surface area contributed by atoms with Crippen molar-refractivity contribution in [1.29, 1.82) is 0 Å². The summed E-state index contributed by atoms with van der Waals surface area (Å²) >= 11 is 0. The lowest BCUT2D eigenvalue weighted by Crippen LogP contribution is -2.02. The van der Waals surface area contributed by atoms with Gasteiger partial charge in [0.25, 0.3) is 0 Å². The summed E-state index contributed by atoms with van der Waals surface area (Å²) < 4.78 is 0. The third kappa shape index (κ3) is 5.82. The molecule has 1 heterocycles. The lowest BCUT2D eigenvalue weighted by Gasteiger charge is -2.09. The smallest absolute Gasteiger partial charge is 0.164 e. The molecule has 0 saturated heterocycles. The minimum absolute atomic E-state index is 0.687. The molecular formula is C26H27N3. The Balaban J connectivity index is 2.15. The summed E-state index contributed by atoms with van der Waals surface area (Å²) in [6, 6.07) is 20.1. The van der Waals surface area contributed by atoms with Crippen LogP contribution in [0, 0.1) is 0 Å². The molecule has 0 unspecified atom stereocenters. The van der Waals surface area contributed by atoms with Gasteiger partial charge in [0, 0.05) is 16.7 Å². The maximum absolute atomic E-state index is 4.82. The largest absolute Gasteiger partial charge is 0.208 e. The van der Waals surface area contributed by atoms with E-state index < -0.39 is 0 Å². The van der Waals surface area contributed by atoms with Gasteiger partial charge in [-0.15, -0.1) is 0 Å². The summed E-state index contributed by atoms with van der Waals surface area (Å²) in [5, 5.41) is 0. The van der Waals surface area contributed by atoms with Gasteiger partial charge in [-0.2, -0.15) is 0 Å². The second-order valence-corrected chi connectivity index (χ2v) is 7.09. The topological polar surface area (TPSA) is 38.7 Å². The maximum Gasteiger partial charge on any atom is 0.164 e. The number of allylic oxidation sites excluding steroid dienone is 6. The van der Waals surface area contributed by atoms with E-state index in [1.807, 2.05) is 60.7 Å². The molecular weight excluding hydrogens is 354 g/mol. The number of nitrogens with zero attached hydrogens (tertiary/aromatic N) is 3. The first-order valence-electron chi connectivity index (χ1n) is 10.1. The second-order valence-electron chi connectivity index (χ2n) is 7.09. The molecule has 3 rings (SSSR count). The zero-order valence-electron chi connectivity index (χ0n) is 17.3. The quantitative estimate of drug-likeness (QED) is 0.417. The Morgan fingerprint density at radius 2 is 1.34 bits per heavy atom. The third-order valence-corrected chi connectivity index (χ3v) is 4.32. The molecule has 0 aliphatic carbocycles. The Morgan fingerprint density at radius 1 is 0.793 bits per heavy atom. The first-order valence-corrected chi connectivity index (χ1v) is 10.1. The zero-order valence-corrected chi connectivity index (χ0v) is 17.3. The molecule has 146 valence electrons. The van der Waals surface area contributed by atoms with Gasteiger partial charge in [-0.3, -0.25) is 0 Å². The molecule has 3 heteroatoms. The van der Waals surface area contributed by atoms with Gasteiger partial charge < -0.3 is 0 Å². The predicted octanol–water partition coefficient (Wildman–Crippen LogP) is 6.91. The van der Waals surface area contributed by atoms with E-state index in [2.05, 4.69) is 45.1 Å². The van der Waals surface area contributed by atoms with Gasteiger partial charge in [-0.25, -0.2) is 15.0 Å². The Kier molecular flexibility index (Phi) is 7.23. The van der Waals surface area contributed by atoms with E-state index in [1.165, 1.54) is 5.57 Å². The summed E-state index contributed by atoms with van der Waals surface area (Å²) in [5.41, 5.74) is 4.23. The van der Waals surface area contributed by atoms with Crippen LogP contribution in [0.3, 0.4) is 0 Å². The van der Waals surface area contributed by atoms with Crippen molar-refractivity contribution in [3.8, 4) is 22.8 Å². The third-order valence-electron chi connectivity index (χ3n) is 4.32. The molecule has 0 bridgehead atoms. The zero-order chi connectivity index (χ0) is 20.5. The molecule has 0 spiro atoms. The first-order chi connectivity index (χ1) is 14.2. The van der Waals surface area contributed by atoms with Crippen LogP contribution in [0.4, 0.5) is 0 Å². The molecule has 0 aliphatic rings. The highest BCUT2D eigenvalue weighted by molar-refractivity contribution is 5.73. The maximum atomic E-state index is 4.82. The van der Waals surface area contributed by atoms with Crippen LogP contribution in [-0.2, 0) is 0 Å². The molecule has 0 atom stereocenters. The fourth-order valence-electron chi connectivity index (χ4n) is 2.82. The van der Waals surface area contributed by atoms with E-state index in [-0.39, 0.29) is 0 Å². The van der Waals surface area contributed by atoms with Crippen LogP contribution in [-0.4, -0.2) is 15.0 Å². The molecule has 3 nitrogen and oxygen atoms in total. The van der Waals surface area contributed by atoms with E-state index in [1.54, 1.807) is 0 Å². The number of benzene rings is 2. The normalized spacial score (nSPS) is 11.6. The molecule has 1 aromatic heterocycles. The molecule has 2 aromatic carbocycles. The summed E-state index contributed by atoms with van der Waals surface area (Å²) in [7, 11) is 0. The van der Waals surface area contributed by atoms with Crippen LogP contribution >= 0.6 is 0 Å². The van der Waals surface area contributed by atoms with Gasteiger partial charge in [0.15, 0.2) is 17.5 Å². The van der Waals surface area contributed by atoms with Crippen molar-refractivity contribution in [3.05, 3.63) is 96.4 Å². The SMILES string of the molecule is CCC/C=C(\C=C/C=C(C)C)c1nc(-c2ccccc2)nc(-c2ccccc2)n1. The minimum Gasteiger partial charge on any atom is -0.208 e. The lowest BCUT2D eigenvalue weighted by atomic mass is 10.1. The summed E-state index contributed by atoms with van der Waals surface area (Å²) in [5.74, 6) is 2.07. The molecule has 0 aliphatic heterocycles. The highest BCUT2D eigenvalue weighted by Crippen LogP contribution is 2.23. The Bertz CT molecular complexity index is 955. The van der Waals surface area contributed by atoms with Crippen molar-refractivity contribution in [1.82, 2.24) is 15.0 Å². The molecule has 0 N–H and O–H groups in total. The average Bonchev–Trinajstić information content (AvgIpc) is 2.77. The van der Waals surface area contributed by atoms with Gasteiger partial charge in [-0.1, -0.05) is 104 Å². The summed E-state index contributed by atoms with van der Waals surface area (Å²) in [4.78, 5) is 14.4. The van der Waals surface area contributed by atoms with Crippen LogP contribution in [0.2, 0.25) is 0 Å². The fourth-order valence-corrected chi connectivity index (χ4v) is 2.82. The van der Waals surface area contributed by atoms with Crippen molar-refractivity contribution < 1.29 is 0 Å². The minimum atomic E-state index is 0.687. The van der Waals surface area contributed by atoms with Gasteiger partial charge in [0.2, 0.25) is 0 Å². The lowest BCUT2D eigenvalue weighted by molar-refractivity contribution is 0.956. The Morgan fingerprint density at radius 3 is 1.83 bits per heavy atom. The standard InChI is InChI=1S/C26H27N3/c1-4-5-14-21(19-12-13-20(2)3)24-27-25(22-15-8-6-9-16-22)29-26(28-24)23-17-10-7-11-18-23/h6-19H,4-5H2,1-3H3/b19-12-,21-14+. The Labute approximate surface area is 173 Å². The summed E-state index contributed by atoms with van der Waals surface area (Å²) in [6.07, 6.45) is 10.5. The van der Waals surface area contributed by atoms with E-state index in [0.717, 1.165) is 29.5 Å². The fraction of sp³-hybridized carbons (Fsp3) is 0.192. The van der Waals surface area contributed by atoms with Crippen LogP contribution in [0.25, 0.3) is 28.3 Å². The molecule has 3 aromatic rings. The molecule has 29 heavy (non-hydrogen) atoms. The van der Waals surface area contributed by atoms with E-state index in [9.17, 15) is 0 Å².